The highest BCUT2D eigenvalue weighted by Gasteiger charge is 2.30. The topological polar surface area (TPSA) is 63.4 Å². The standard InChI is InChI=1S/C16H17FN2O2S/c17-14-7-5-12(6-8-14)11-22(20,21)19-10-15(18)9-13-3-1-2-4-16(13)19/h1-8,15H,9-11,18H2. The number of nitrogens with zero attached hydrogens (tertiary/aromatic N) is 1. The van der Waals surface area contributed by atoms with Gasteiger partial charge in [0.15, 0.2) is 0 Å². The monoisotopic (exact) mass is 320 g/mol. The van der Waals surface area contributed by atoms with Crippen molar-refractivity contribution in [2.45, 2.75) is 18.2 Å². The Balaban J connectivity index is 1.93. The highest BCUT2D eigenvalue weighted by Crippen LogP contribution is 2.29. The molecule has 2 aromatic carbocycles. The molecular formula is C16H17FN2O2S. The van der Waals surface area contributed by atoms with E-state index in [0.717, 1.165) is 5.56 Å². The van der Waals surface area contributed by atoms with Gasteiger partial charge in [-0.1, -0.05) is 30.3 Å². The first kappa shape index (κ1) is 15.0. The van der Waals surface area contributed by atoms with Crippen LogP contribution in [0.3, 0.4) is 0 Å². The Morgan fingerprint density at radius 3 is 2.55 bits per heavy atom. The molecule has 4 nitrogen and oxygen atoms in total. The Kier molecular flexibility index (Phi) is 3.88. The van der Waals surface area contributed by atoms with E-state index >= 15 is 0 Å². The number of nitrogens with two attached hydrogens (primary N) is 1. The molecule has 22 heavy (non-hydrogen) atoms. The molecule has 0 saturated carbocycles. The van der Waals surface area contributed by atoms with E-state index in [9.17, 15) is 12.8 Å². The van der Waals surface area contributed by atoms with E-state index < -0.39 is 10.0 Å². The van der Waals surface area contributed by atoms with Crippen LogP contribution in [0.4, 0.5) is 10.1 Å². The maximum Gasteiger partial charge on any atom is 0.239 e. The molecule has 1 aliphatic rings. The molecular weight excluding hydrogens is 303 g/mol. The van der Waals surface area contributed by atoms with Crippen molar-refractivity contribution < 1.29 is 12.8 Å². The van der Waals surface area contributed by atoms with Gasteiger partial charge in [-0.3, -0.25) is 4.31 Å². The van der Waals surface area contributed by atoms with Crippen molar-refractivity contribution in [2.24, 2.45) is 5.73 Å². The number of anilines is 1. The number of rotatable bonds is 3. The predicted octanol–water partition coefficient (Wildman–Crippen LogP) is 2.05. The van der Waals surface area contributed by atoms with Crippen LogP contribution in [0.15, 0.2) is 48.5 Å². The van der Waals surface area contributed by atoms with Crippen molar-refractivity contribution in [3.8, 4) is 0 Å². The van der Waals surface area contributed by atoms with Gasteiger partial charge in [-0.25, -0.2) is 12.8 Å². The Morgan fingerprint density at radius 2 is 1.82 bits per heavy atom. The van der Waals surface area contributed by atoms with E-state index in [2.05, 4.69) is 0 Å². The molecule has 0 radical (unpaired) electrons. The van der Waals surface area contributed by atoms with Crippen LogP contribution in [0.1, 0.15) is 11.1 Å². The van der Waals surface area contributed by atoms with Gasteiger partial charge in [-0.15, -0.1) is 0 Å². The first-order valence-corrected chi connectivity index (χ1v) is 8.65. The normalized spacial score (nSPS) is 18.1. The van der Waals surface area contributed by atoms with Crippen LogP contribution in [0, 0.1) is 5.82 Å². The van der Waals surface area contributed by atoms with Gasteiger partial charge < -0.3 is 5.73 Å². The number of sulfonamides is 1. The van der Waals surface area contributed by atoms with E-state index in [1.165, 1.54) is 28.6 Å². The smallest absolute Gasteiger partial charge is 0.239 e. The summed E-state index contributed by atoms with van der Waals surface area (Å²) >= 11 is 0. The average Bonchev–Trinajstić information content (AvgIpc) is 2.48. The molecule has 1 heterocycles. The van der Waals surface area contributed by atoms with Crippen molar-refractivity contribution in [3.63, 3.8) is 0 Å². The number of halogens is 1. The van der Waals surface area contributed by atoms with Gasteiger partial charge >= 0.3 is 0 Å². The second-order valence-corrected chi connectivity index (χ2v) is 7.40. The maximum atomic E-state index is 12.9. The lowest BCUT2D eigenvalue weighted by molar-refractivity contribution is 0.574. The molecule has 2 N–H and O–H groups in total. The van der Waals surface area contributed by atoms with E-state index in [0.29, 0.717) is 17.7 Å². The van der Waals surface area contributed by atoms with Gasteiger partial charge in [0.05, 0.1) is 11.4 Å². The van der Waals surface area contributed by atoms with Crippen LogP contribution in [-0.4, -0.2) is 21.0 Å². The van der Waals surface area contributed by atoms with Gasteiger partial charge in [-0.05, 0) is 35.7 Å². The molecule has 0 aromatic heterocycles. The van der Waals surface area contributed by atoms with Crippen LogP contribution in [0.2, 0.25) is 0 Å². The summed E-state index contributed by atoms with van der Waals surface area (Å²) in [6.07, 6.45) is 0.665. The number of fused-ring (bicyclic) bond motifs is 1. The molecule has 1 aliphatic heterocycles. The minimum atomic E-state index is -3.56. The number of benzene rings is 2. The first-order valence-electron chi connectivity index (χ1n) is 7.04. The molecule has 116 valence electrons. The first-order chi connectivity index (χ1) is 10.5. The molecule has 0 spiro atoms. The maximum absolute atomic E-state index is 12.9. The van der Waals surface area contributed by atoms with E-state index in [1.807, 2.05) is 18.2 Å². The summed E-state index contributed by atoms with van der Waals surface area (Å²) in [5.41, 5.74) is 8.17. The summed E-state index contributed by atoms with van der Waals surface area (Å²) in [6, 6.07) is 12.7. The van der Waals surface area contributed by atoms with E-state index in [1.54, 1.807) is 6.07 Å². The van der Waals surface area contributed by atoms with Gasteiger partial charge in [-0.2, -0.15) is 0 Å². The van der Waals surface area contributed by atoms with Gasteiger partial charge in [0, 0.05) is 12.6 Å². The zero-order chi connectivity index (χ0) is 15.7. The van der Waals surface area contributed by atoms with Crippen LogP contribution in [-0.2, 0) is 22.2 Å². The minimum absolute atomic E-state index is 0.172. The fraction of sp³-hybridized carbons (Fsp3) is 0.250. The molecule has 0 aliphatic carbocycles. The second-order valence-electron chi connectivity index (χ2n) is 5.51. The molecule has 1 unspecified atom stereocenters. The van der Waals surface area contributed by atoms with E-state index in [4.69, 9.17) is 5.73 Å². The van der Waals surface area contributed by atoms with Crippen LogP contribution >= 0.6 is 0 Å². The Bertz CT molecular complexity index is 775. The van der Waals surface area contributed by atoms with Gasteiger partial charge in [0.2, 0.25) is 10.0 Å². The van der Waals surface area contributed by atoms with Crippen molar-refractivity contribution in [2.75, 3.05) is 10.8 Å². The highest BCUT2D eigenvalue weighted by molar-refractivity contribution is 7.92. The summed E-state index contributed by atoms with van der Waals surface area (Å²) < 4.78 is 39.8. The van der Waals surface area contributed by atoms with Crippen LogP contribution in [0.5, 0.6) is 0 Å². The van der Waals surface area contributed by atoms with Crippen molar-refractivity contribution in [3.05, 3.63) is 65.5 Å². The van der Waals surface area contributed by atoms with Crippen molar-refractivity contribution in [1.82, 2.24) is 0 Å². The summed E-state index contributed by atoms with van der Waals surface area (Å²) in [4.78, 5) is 0. The molecule has 3 rings (SSSR count). The second kappa shape index (κ2) is 5.70. The summed E-state index contributed by atoms with van der Waals surface area (Å²) in [6.45, 7) is 0.264. The van der Waals surface area contributed by atoms with Crippen LogP contribution < -0.4 is 10.0 Å². The third-order valence-electron chi connectivity index (χ3n) is 3.74. The Morgan fingerprint density at radius 1 is 1.14 bits per heavy atom. The van der Waals surface area contributed by atoms with Gasteiger partial charge in [0.1, 0.15) is 5.82 Å². The molecule has 0 fully saturated rings. The Labute approximate surface area is 129 Å². The minimum Gasteiger partial charge on any atom is -0.326 e. The summed E-state index contributed by atoms with van der Waals surface area (Å²) in [5, 5.41) is 0. The highest BCUT2D eigenvalue weighted by atomic mass is 32.2. The van der Waals surface area contributed by atoms with Crippen molar-refractivity contribution in [1.29, 1.82) is 0 Å². The molecule has 0 saturated heterocycles. The molecule has 0 amide bonds. The van der Waals surface area contributed by atoms with Crippen LogP contribution in [0.25, 0.3) is 0 Å². The van der Waals surface area contributed by atoms with Crippen molar-refractivity contribution >= 4 is 15.7 Å². The molecule has 2 aromatic rings. The molecule has 1 atom stereocenters. The average molecular weight is 320 g/mol. The van der Waals surface area contributed by atoms with Gasteiger partial charge in [0.25, 0.3) is 0 Å². The number of para-hydroxylation sites is 1. The third-order valence-corrected chi connectivity index (χ3v) is 5.46. The quantitative estimate of drug-likeness (QED) is 0.941. The number of hydrogen-bond donors (Lipinski definition) is 1. The Hall–Kier alpha value is -1.92. The fourth-order valence-electron chi connectivity index (χ4n) is 2.72. The lowest BCUT2D eigenvalue weighted by Crippen LogP contribution is -2.46. The summed E-state index contributed by atoms with van der Waals surface area (Å²) in [7, 11) is -3.56. The third kappa shape index (κ3) is 2.98. The SMILES string of the molecule is NC1Cc2ccccc2N(S(=O)(=O)Cc2ccc(F)cc2)C1. The predicted molar refractivity (Wildman–Crippen MR) is 84.5 cm³/mol. The van der Waals surface area contributed by atoms with E-state index in [-0.39, 0.29) is 24.2 Å². The molecule has 0 bridgehead atoms. The zero-order valence-electron chi connectivity index (χ0n) is 11.9. The molecule has 6 heteroatoms. The largest absolute Gasteiger partial charge is 0.326 e. The lowest BCUT2D eigenvalue weighted by atomic mass is 10.0. The number of hydrogen-bond acceptors (Lipinski definition) is 3. The fourth-order valence-corrected chi connectivity index (χ4v) is 4.38. The lowest BCUT2D eigenvalue weighted by Gasteiger charge is -2.33. The summed E-state index contributed by atoms with van der Waals surface area (Å²) in [5.74, 6) is -0.555. The zero-order valence-corrected chi connectivity index (χ0v) is 12.8.